The Bertz CT molecular complexity index is 949. The molecule has 0 saturated carbocycles. The van der Waals surface area contributed by atoms with Gasteiger partial charge in [-0.3, -0.25) is 9.48 Å². The second-order valence-electron chi connectivity index (χ2n) is 7.04. The first kappa shape index (κ1) is 19.5. The molecule has 3 aromatic rings. The number of carbonyl (C=O) groups is 1. The van der Waals surface area contributed by atoms with Gasteiger partial charge in [0.1, 0.15) is 5.75 Å². The number of carbonyl (C=O) groups excluding carboxylic acids is 1. The summed E-state index contributed by atoms with van der Waals surface area (Å²) in [6.07, 6.45) is 3.72. The zero-order valence-electron chi connectivity index (χ0n) is 16.6. The van der Waals surface area contributed by atoms with Crippen molar-refractivity contribution in [1.29, 1.82) is 0 Å². The highest BCUT2D eigenvalue weighted by Crippen LogP contribution is 2.21. The standard InChI is InChI=1S/C22H26N4O2/c1-15(2)28-21-10-6-7-17(12-21)16(3)24-22(27)18-8-5-9-19(11-18)25-20-13-23-26(4)14-20/h5-16,25H,1-4H3,(H,24,27)/t16-/m0/s1. The molecular formula is C22H26N4O2. The van der Waals surface area contributed by atoms with E-state index >= 15 is 0 Å². The molecule has 2 N–H and O–H groups in total. The van der Waals surface area contributed by atoms with E-state index in [9.17, 15) is 4.79 Å². The van der Waals surface area contributed by atoms with Crippen LogP contribution in [0.4, 0.5) is 11.4 Å². The molecule has 0 aliphatic rings. The van der Waals surface area contributed by atoms with E-state index in [0.717, 1.165) is 22.7 Å². The number of aromatic nitrogens is 2. The van der Waals surface area contributed by atoms with Crippen LogP contribution in [0.1, 0.15) is 42.7 Å². The molecule has 28 heavy (non-hydrogen) atoms. The molecule has 0 aliphatic heterocycles. The Hall–Kier alpha value is -3.28. The molecule has 2 aromatic carbocycles. The van der Waals surface area contributed by atoms with Gasteiger partial charge < -0.3 is 15.4 Å². The summed E-state index contributed by atoms with van der Waals surface area (Å²) >= 11 is 0. The number of amides is 1. The molecule has 0 unspecified atom stereocenters. The average molecular weight is 378 g/mol. The Morgan fingerprint density at radius 3 is 2.57 bits per heavy atom. The normalized spacial score (nSPS) is 11.9. The minimum Gasteiger partial charge on any atom is -0.491 e. The van der Waals surface area contributed by atoms with E-state index in [2.05, 4.69) is 15.7 Å². The number of hydrogen-bond acceptors (Lipinski definition) is 4. The van der Waals surface area contributed by atoms with Gasteiger partial charge >= 0.3 is 0 Å². The fourth-order valence-corrected chi connectivity index (χ4v) is 2.88. The van der Waals surface area contributed by atoms with Gasteiger partial charge in [0.2, 0.25) is 0 Å². The first-order chi connectivity index (χ1) is 13.4. The summed E-state index contributed by atoms with van der Waals surface area (Å²) in [6, 6.07) is 15.1. The molecular weight excluding hydrogens is 352 g/mol. The van der Waals surface area contributed by atoms with Gasteiger partial charge in [0.15, 0.2) is 0 Å². The molecule has 6 heteroatoms. The molecule has 0 fully saturated rings. The van der Waals surface area contributed by atoms with Gasteiger partial charge in [-0.15, -0.1) is 0 Å². The Balaban J connectivity index is 1.68. The van der Waals surface area contributed by atoms with E-state index in [4.69, 9.17) is 4.74 Å². The number of ether oxygens (including phenoxy) is 1. The molecule has 0 radical (unpaired) electrons. The topological polar surface area (TPSA) is 68.2 Å². The lowest BCUT2D eigenvalue weighted by molar-refractivity contribution is 0.0939. The first-order valence-corrected chi connectivity index (χ1v) is 9.34. The van der Waals surface area contributed by atoms with Crippen molar-refractivity contribution >= 4 is 17.3 Å². The third kappa shape index (κ3) is 5.13. The van der Waals surface area contributed by atoms with Gasteiger partial charge in [-0.1, -0.05) is 18.2 Å². The maximum Gasteiger partial charge on any atom is 0.251 e. The lowest BCUT2D eigenvalue weighted by Gasteiger charge is -2.17. The largest absolute Gasteiger partial charge is 0.491 e. The van der Waals surface area contributed by atoms with Crippen molar-refractivity contribution in [3.8, 4) is 5.75 Å². The van der Waals surface area contributed by atoms with Crippen LogP contribution in [0.25, 0.3) is 0 Å². The molecule has 3 rings (SSSR count). The predicted octanol–water partition coefficient (Wildman–Crippen LogP) is 4.44. The van der Waals surface area contributed by atoms with Crippen LogP contribution in [0.15, 0.2) is 60.9 Å². The van der Waals surface area contributed by atoms with Crippen molar-refractivity contribution in [2.75, 3.05) is 5.32 Å². The number of rotatable bonds is 7. The van der Waals surface area contributed by atoms with Crippen LogP contribution in [0.3, 0.4) is 0 Å². The lowest BCUT2D eigenvalue weighted by atomic mass is 10.1. The SMILES string of the molecule is CC(C)Oc1cccc([C@H](C)NC(=O)c2cccc(Nc3cnn(C)c3)c2)c1. The second kappa shape index (κ2) is 8.61. The van der Waals surface area contributed by atoms with E-state index in [1.54, 1.807) is 16.9 Å². The van der Waals surface area contributed by atoms with Gasteiger partial charge in [0.05, 0.1) is 24.0 Å². The van der Waals surface area contributed by atoms with E-state index in [-0.39, 0.29) is 18.1 Å². The Morgan fingerprint density at radius 2 is 1.86 bits per heavy atom. The fraction of sp³-hybridized carbons (Fsp3) is 0.273. The minimum absolute atomic E-state index is 0.107. The van der Waals surface area contributed by atoms with Crippen LogP contribution in [0.5, 0.6) is 5.75 Å². The number of nitrogens with one attached hydrogen (secondary N) is 2. The summed E-state index contributed by atoms with van der Waals surface area (Å²) in [4.78, 5) is 12.7. The van der Waals surface area contributed by atoms with Crippen molar-refractivity contribution in [3.63, 3.8) is 0 Å². The molecule has 1 amide bonds. The lowest BCUT2D eigenvalue weighted by Crippen LogP contribution is -2.26. The summed E-state index contributed by atoms with van der Waals surface area (Å²) in [5.74, 6) is 0.675. The molecule has 1 atom stereocenters. The number of aryl methyl sites for hydroxylation is 1. The quantitative estimate of drug-likeness (QED) is 0.638. The van der Waals surface area contributed by atoms with Crippen LogP contribution >= 0.6 is 0 Å². The van der Waals surface area contributed by atoms with Crippen molar-refractivity contribution < 1.29 is 9.53 Å². The van der Waals surface area contributed by atoms with Gasteiger partial charge in [-0.2, -0.15) is 5.10 Å². The van der Waals surface area contributed by atoms with Crippen LogP contribution in [-0.2, 0) is 7.05 Å². The Labute approximate surface area is 165 Å². The van der Waals surface area contributed by atoms with Gasteiger partial charge in [0.25, 0.3) is 5.91 Å². The molecule has 0 aliphatic carbocycles. The summed E-state index contributed by atoms with van der Waals surface area (Å²) in [7, 11) is 1.86. The molecule has 0 bridgehead atoms. The van der Waals surface area contributed by atoms with Crippen LogP contribution in [0.2, 0.25) is 0 Å². The van der Waals surface area contributed by atoms with Crippen molar-refractivity contribution in [2.24, 2.45) is 7.05 Å². The molecule has 0 spiro atoms. The van der Waals surface area contributed by atoms with E-state index in [0.29, 0.717) is 5.56 Å². The highest BCUT2D eigenvalue weighted by molar-refractivity contribution is 5.95. The molecule has 6 nitrogen and oxygen atoms in total. The summed E-state index contributed by atoms with van der Waals surface area (Å²) in [5, 5.41) is 10.4. The van der Waals surface area contributed by atoms with Crippen LogP contribution in [0, 0.1) is 0 Å². The van der Waals surface area contributed by atoms with Crippen molar-refractivity contribution in [3.05, 3.63) is 72.1 Å². The molecule has 146 valence electrons. The van der Waals surface area contributed by atoms with Gasteiger partial charge in [0, 0.05) is 24.5 Å². The molecule has 1 aromatic heterocycles. The van der Waals surface area contributed by atoms with Crippen molar-refractivity contribution in [1.82, 2.24) is 15.1 Å². The third-order valence-electron chi connectivity index (χ3n) is 4.20. The monoisotopic (exact) mass is 378 g/mol. The smallest absolute Gasteiger partial charge is 0.251 e. The fourth-order valence-electron chi connectivity index (χ4n) is 2.88. The highest BCUT2D eigenvalue weighted by Gasteiger charge is 2.13. The molecule has 1 heterocycles. The third-order valence-corrected chi connectivity index (χ3v) is 4.20. The van der Waals surface area contributed by atoms with E-state index in [1.807, 2.05) is 76.5 Å². The van der Waals surface area contributed by atoms with Crippen LogP contribution in [-0.4, -0.2) is 21.8 Å². The van der Waals surface area contributed by atoms with E-state index in [1.165, 1.54) is 0 Å². The first-order valence-electron chi connectivity index (χ1n) is 9.34. The number of hydrogen-bond donors (Lipinski definition) is 2. The Kier molecular flexibility index (Phi) is 5.99. The highest BCUT2D eigenvalue weighted by atomic mass is 16.5. The zero-order chi connectivity index (χ0) is 20.1. The summed E-state index contributed by atoms with van der Waals surface area (Å²) < 4.78 is 7.46. The average Bonchev–Trinajstić information content (AvgIpc) is 3.06. The van der Waals surface area contributed by atoms with Gasteiger partial charge in [-0.05, 0) is 56.7 Å². The minimum atomic E-state index is -0.141. The molecule has 0 saturated heterocycles. The zero-order valence-corrected chi connectivity index (χ0v) is 16.6. The maximum absolute atomic E-state index is 12.7. The summed E-state index contributed by atoms with van der Waals surface area (Å²) in [6.45, 7) is 5.94. The van der Waals surface area contributed by atoms with Gasteiger partial charge in [-0.25, -0.2) is 0 Å². The maximum atomic E-state index is 12.7. The predicted molar refractivity (Wildman–Crippen MR) is 111 cm³/mol. The number of benzene rings is 2. The number of anilines is 2. The summed E-state index contributed by atoms with van der Waals surface area (Å²) in [5.41, 5.74) is 3.29. The van der Waals surface area contributed by atoms with Crippen LogP contribution < -0.4 is 15.4 Å². The number of nitrogens with zero attached hydrogens (tertiary/aromatic N) is 2. The Morgan fingerprint density at radius 1 is 1.07 bits per heavy atom. The second-order valence-corrected chi connectivity index (χ2v) is 7.04. The van der Waals surface area contributed by atoms with E-state index < -0.39 is 0 Å². The van der Waals surface area contributed by atoms with Crippen molar-refractivity contribution in [2.45, 2.75) is 32.9 Å².